The number of nitrogens with zero attached hydrogens (tertiary/aromatic N) is 2. The van der Waals surface area contributed by atoms with Crippen LogP contribution in [0.5, 0.6) is 0 Å². The van der Waals surface area contributed by atoms with Gasteiger partial charge in [-0.1, -0.05) is 29.8 Å². The van der Waals surface area contributed by atoms with Crippen LogP contribution in [0.3, 0.4) is 0 Å². The molecule has 0 fully saturated rings. The predicted octanol–water partition coefficient (Wildman–Crippen LogP) is 3.86. The summed E-state index contributed by atoms with van der Waals surface area (Å²) >= 11 is 5.66. The van der Waals surface area contributed by atoms with E-state index in [0.717, 1.165) is 0 Å². The predicted molar refractivity (Wildman–Crippen MR) is 74.6 cm³/mol. The van der Waals surface area contributed by atoms with Crippen LogP contribution in [-0.4, -0.2) is 10.1 Å². The lowest BCUT2D eigenvalue weighted by Crippen LogP contribution is -2.10. The maximum absolute atomic E-state index is 13.0. The fourth-order valence-electron chi connectivity index (χ4n) is 1.83. The Morgan fingerprint density at radius 2 is 2.00 bits per heavy atom. The van der Waals surface area contributed by atoms with E-state index in [4.69, 9.17) is 16.9 Å². The Kier molecular flexibility index (Phi) is 4.54. The van der Waals surface area contributed by atoms with Gasteiger partial charge < -0.3 is 10.4 Å². The molecule has 0 saturated carbocycles. The van der Waals surface area contributed by atoms with E-state index in [2.05, 4.69) is 10.3 Å². The van der Waals surface area contributed by atoms with E-state index in [-0.39, 0.29) is 12.4 Å². The molecule has 4 nitrogen and oxygen atoms in total. The lowest BCUT2D eigenvalue weighted by atomic mass is 10.1. The summed E-state index contributed by atoms with van der Waals surface area (Å²) in [6, 6.07) is 8.62. The average Bonchev–Trinajstić information content (AvgIpc) is 2.46. The average molecular weight is 328 g/mol. The summed E-state index contributed by atoms with van der Waals surface area (Å²) in [6.45, 7) is -0.292. The molecule has 0 unspecified atom stereocenters. The third-order valence-electron chi connectivity index (χ3n) is 2.84. The van der Waals surface area contributed by atoms with E-state index in [9.17, 15) is 18.3 Å². The highest BCUT2D eigenvalue weighted by atomic mass is 35.5. The minimum Gasteiger partial charge on any atom is -0.392 e. The summed E-state index contributed by atoms with van der Waals surface area (Å²) in [4.78, 5) is 3.74. The Bertz CT molecular complexity index is 741. The van der Waals surface area contributed by atoms with Crippen LogP contribution in [0.25, 0.3) is 0 Å². The number of aliphatic hydroxyl groups excluding tert-OH is 1. The number of halogens is 4. The number of nitrogens with one attached hydrogen (secondary N) is 1. The maximum Gasteiger partial charge on any atom is 0.417 e. The number of alkyl halides is 3. The zero-order valence-electron chi connectivity index (χ0n) is 10.9. The Balaban J connectivity index is 2.50. The van der Waals surface area contributed by atoms with Crippen LogP contribution in [0.15, 0.2) is 30.3 Å². The van der Waals surface area contributed by atoms with Crippen molar-refractivity contribution in [1.82, 2.24) is 4.98 Å². The number of anilines is 2. The number of para-hydroxylation sites is 1. The topological polar surface area (TPSA) is 68.9 Å². The first-order valence-electron chi connectivity index (χ1n) is 6.00. The summed E-state index contributed by atoms with van der Waals surface area (Å²) in [5.41, 5.74) is -1.01. The zero-order valence-corrected chi connectivity index (χ0v) is 11.7. The van der Waals surface area contributed by atoms with Crippen molar-refractivity contribution in [2.45, 2.75) is 12.8 Å². The van der Waals surface area contributed by atoms with Gasteiger partial charge in [-0.2, -0.15) is 18.4 Å². The second-order valence-electron chi connectivity index (χ2n) is 4.27. The lowest BCUT2D eigenvalue weighted by Gasteiger charge is -2.14. The van der Waals surface area contributed by atoms with E-state index in [1.54, 1.807) is 24.3 Å². The molecule has 0 aliphatic heterocycles. The van der Waals surface area contributed by atoms with Crippen LogP contribution < -0.4 is 5.32 Å². The first-order chi connectivity index (χ1) is 10.4. The Morgan fingerprint density at radius 1 is 1.32 bits per heavy atom. The van der Waals surface area contributed by atoms with Crippen LogP contribution in [0.1, 0.15) is 16.7 Å². The second kappa shape index (κ2) is 6.22. The van der Waals surface area contributed by atoms with Gasteiger partial charge in [0.25, 0.3) is 0 Å². The number of aliphatic hydroxyl groups is 1. The number of rotatable bonds is 3. The number of hydrogen-bond donors (Lipinski definition) is 2. The van der Waals surface area contributed by atoms with Crippen molar-refractivity contribution in [2.75, 3.05) is 5.32 Å². The standard InChI is InChI=1S/C14H9ClF3N3O/c15-13-9(6-19)10(14(16,17)18)5-12(21-13)20-11-4-2-1-3-8(11)7-22/h1-5,22H,7H2,(H,20,21). The van der Waals surface area contributed by atoms with E-state index in [0.29, 0.717) is 17.3 Å². The van der Waals surface area contributed by atoms with Gasteiger partial charge in [-0.25, -0.2) is 4.98 Å². The van der Waals surface area contributed by atoms with Gasteiger partial charge in [0, 0.05) is 11.3 Å². The molecule has 0 atom stereocenters. The highest BCUT2D eigenvalue weighted by Gasteiger charge is 2.35. The molecule has 0 saturated heterocycles. The van der Waals surface area contributed by atoms with Gasteiger partial charge in [0.2, 0.25) is 0 Å². The van der Waals surface area contributed by atoms with Crippen LogP contribution in [0.2, 0.25) is 5.15 Å². The third-order valence-corrected chi connectivity index (χ3v) is 3.12. The molecule has 22 heavy (non-hydrogen) atoms. The molecule has 0 bridgehead atoms. The van der Waals surface area contributed by atoms with Crippen LogP contribution >= 0.6 is 11.6 Å². The number of nitriles is 1. The molecule has 0 radical (unpaired) electrons. The summed E-state index contributed by atoms with van der Waals surface area (Å²) in [5, 5.41) is 20.1. The molecule has 1 heterocycles. The molecule has 8 heteroatoms. The minimum atomic E-state index is -4.73. The van der Waals surface area contributed by atoms with Crippen molar-refractivity contribution in [1.29, 1.82) is 5.26 Å². The van der Waals surface area contributed by atoms with Crippen molar-refractivity contribution in [2.24, 2.45) is 0 Å². The molecule has 1 aromatic heterocycles. The Morgan fingerprint density at radius 3 is 2.59 bits per heavy atom. The minimum absolute atomic E-state index is 0.169. The van der Waals surface area contributed by atoms with Gasteiger partial charge in [0.1, 0.15) is 22.6 Å². The van der Waals surface area contributed by atoms with Crippen LogP contribution in [-0.2, 0) is 12.8 Å². The maximum atomic E-state index is 13.0. The Labute approximate surface area is 128 Å². The van der Waals surface area contributed by atoms with Crippen LogP contribution in [0, 0.1) is 11.3 Å². The first kappa shape index (κ1) is 16.1. The van der Waals surface area contributed by atoms with E-state index in [1.165, 1.54) is 6.07 Å². The van der Waals surface area contributed by atoms with Gasteiger partial charge in [-0.05, 0) is 12.1 Å². The van der Waals surface area contributed by atoms with Gasteiger partial charge in [-0.3, -0.25) is 0 Å². The largest absolute Gasteiger partial charge is 0.417 e. The fraction of sp³-hybridized carbons (Fsp3) is 0.143. The summed E-state index contributed by atoms with van der Waals surface area (Å²) in [6.07, 6.45) is -4.73. The van der Waals surface area contributed by atoms with Crippen LogP contribution in [0.4, 0.5) is 24.7 Å². The highest BCUT2D eigenvalue weighted by Crippen LogP contribution is 2.36. The number of pyridine rings is 1. The molecule has 1 aromatic carbocycles. The van der Waals surface area contributed by atoms with E-state index in [1.807, 2.05) is 0 Å². The van der Waals surface area contributed by atoms with Gasteiger partial charge >= 0.3 is 6.18 Å². The van der Waals surface area contributed by atoms with Gasteiger partial charge in [-0.15, -0.1) is 0 Å². The molecule has 2 N–H and O–H groups in total. The summed E-state index contributed by atoms with van der Waals surface area (Å²) in [7, 11) is 0. The smallest absolute Gasteiger partial charge is 0.392 e. The van der Waals surface area contributed by atoms with Crippen molar-refractivity contribution in [3.63, 3.8) is 0 Å². The van der Waals surface area contributed by atoms with Gasteiger partial charge in [0.05, 0.1) is 12.2 Å². The van der Waals surface area contributed by atoms with Gasteiger partial charge in [0.15, 0.2) is 0 Å². The number of hydrogen-bond acceptors (Lipinski definition) is 4. The van der Waals surface area contributed by atoms with Crippen molar-refractivity contribution in [3.05, 3.63) is 52.2 Å². The molecule has 0 aliphatic carbocycles. The van der Waals surface area contributed by atoms with Crippen molar-refractivity contribution >= 4 is 23.1 Å². The molecule has 0 spiro atoms. The molecule has 2 rings (SSSR count). The van der Waals surface area contributed by atoms with E-state index < -0.39 is 22.5 Å². The molecule has 0 aliphatic rings. The molecule has 0 amide bonds. The normalized spacial score (nSPS) is 11.1. The highest BCUT2D eigenvalue weighted by molar-refractivity contribution is 6.30. The Hall–Kier alpha value is -2.30. The van der Waals surface area contributed by atoms with Crippen molar-refractivity contribution in [3.8, 4) is 6.07 Å². The fourth-order valence-corrected chi connectivity index (χ4v) is 2.06. The lowest BCUT2D eigenvalue weighted by molar-refractivity contribution is -0.137. The summed E-state index contributed by atoms with van der Waals surface area (Å²) < 4.78 is 38.9. The van der Waals surface area contributed by atoms with E-state index >= 15 is 0 Å². The number of benzene rings is 1. The SMILES string of the molecule is N#Cc1c(C(F)(F)F)cc(Nc2ccccc2CO)nc1Cl. The molecular formula is C14H9ClF3N3O. The van der Waals surface area contributed by atoms with Crippen molar-refractivity contribution < 1.29 is 18.3 Å². The number of aromatic nitrogens is 1. The summed E-state index contributed by atoms with van der Waals surface area (Å²) in [5.74, 6) is -0.169. The zero-order chi connectivity index (χ0) is 16.3. The molecule has 2 aromatic rings. The quantitative estimate of drug-likeness (QED) is 0.840. The first-order valence-corrected chi connectivity index (χ1v) is 6.38. The second-order valence-corrected chi connectivity index (χ2v) is 4.63. The monoisotopic (exact) mass is 327 g/mol. The molecule has 114 valence electrons. The molecular weight excluding hydrogens is 319 g/mol. The third kappa shape index (κ3) is 3.30.